The van der Waals surface area contributed by atoms with E-state index in [0.717, 1.165) is 17.2 Å². The summed E-state index contributed by atoms with van der Waals surface area (Å²) in [5.41, 5.74) is 1.31. The van der Waals surface area contributed by atoms with Gasteiger partial charge in [0, 0.05) is 21.7 Å². The molecule has 1 nitrogen and oxygen atoms in total. The van der Waals surface area contributed by atoms with Crippen molar-refractivity contribution < 1.29 is 0 Å². The van der Waals surface area contributed by atoms with Crippen molar-refractivity contribution in [2.75, 3.05) is 12.8 Å². The van der Waals surface area contributed by atoms with E-state index < -0.39 is 0 Å². The molecule has 0 aromatic heterocycles. The van der Waals surface area contributed by atoms with Crippen LogP contribution in [-0.2, 0) is 6.42 Å². The largest absolute Gasteiger partial charge is 0.316 e. The van der Waals surface area contributed by atoms with E-state index in [2.05, 4.69) is 11.4 Å². The molecule has 3 heteroatoms. The summed E-state index contributed by atoms with van der Waals surface area (Å²) in [4.78, 5) is 1.35. The zero-order chi connectivity index (χ0) is 9.26. The van der Waals surface area contributed by atoms with Gasteiger partial charge in [-0.15, -0.1) is 11.8 Å². The first-order valence-corrected chi connectivity index (χ1v) is 5.75. The molecule has 0 amide bonds. The van der Waals surface area contributed by atoms with Crippen LogP contribution >= 0.6 is 23.4 Å². The number of likely N-dealkylation sites (N-methyl/N-ethyl adjacent to an activating group) is 1. The fraction of sp³-hybridized carbons (Fsp3) is 0.400. The lowest BCUT2D eigenvalue weighted by Crippen LogP contribution is -2.32. The van der Waals surface area contributed by atoms with Crippen LogP contribution in [0.15, 0.2) is 23.1 Å². The molecule has 0 saturated carbocycles. The number of benzene rings is 1. The Morgan fingerprint density at radius 3 is 3.15 bits per heavy atom. The summed E-state index contributed by atoms with van der Waals surface area (Å²) in [6.07, 6.45) is 1.05. The fourth-order valence-corrected chi connectivity index (χ4v) is 3.07. The molecule has 1 aromatic rings. The molecule has 2 rings (SSSR count). The van der Waals surface area contributed by atoms with Crippen LogP contribution in [0.4, 0.5) is 0 Å². The average Bonchev–Trinajstić information content (AvgIpc) is 2.18. The van der Waals surface area contributed by atoms with E-state index in [1.165, 1.54) is 10.5 Å². The van der Waals surface area contributed by atoms with Crippen molar-refractivity contribution in [1.82, 2.24) is 5.32 Å². The maximum Gasteiger partial charge on any atom is 0.0449 e. The molecular formula is C10H12ClNS. The molecule has 1 aliphatic heterocycles. The summed E-state index contributed by atoms with van der Waals surface area (Å²) >= 11 is 8.01. The SMILES string of the molecule is CNC1CSc2cccc(Cl)c2C1. The molecule has 0 saturated heterocycles. The molecule has 13 heavy (non-hydrogen) atoms. The van der Waals surface area contributed by atoms with Gasteiger partial charge in [0.25, 0.3) is 0 Å². The van der Waals surface area contributed by atoms with Crippen LogP contribution in [0.3, 0.4) is 0 Å². The number of halogens is 1. The third-order valence-electron chi connectivity index (χ3n) is 2.37. The Labute approximate surface area is 87.9 Å². The number of rotatable bonds is 1. The molecule has 1 heterocycles. The Hall–Kier alpha value is -0.180. The lowest BCUT2D eigenvalue weighted by atomic mass is 10.1. The molecule has 70 valence electrons. The Bertz CT molecular complexity index is 314. The monoisotopic (exact) mass is 213 g/mol. The summed E-state index contributed by atoms with van der Waals surface area (Å²) in [6, 6.07) is 6.71. The van der Waals surface area contributed by atoms with Crippen LogP contribution in [-0.4, -0.2) is 18.8 Å². The normalized spacial score (nSPS) is 21.2. The maximum absolute atomic E-state index is 6.12. The minimum absolute atomic E-state index is 0.567. The lowest BCUT2D eigenvalue weighted by molar-refractivity contribution is 0.605. The molecule has 0 bridgehead atoms. The number of thioether (sulfide) groups is 1. The third-order valence-corrected chi connectivity index (χ3v) is 3.99. The van der Waals surface area contributed by atoms with E-state index in [9.17, 15) is 0 Å². The molecule has 0 spiro atoms. The lowest BCUT2D eigenvalue weighted by Gasteiger charge is -2.24. The fourth-order valence-electron chi connectivity index (χ4n) is 1.55. The van der Waals surface area contributed by atoms with E-state index in [1.54, 1.807) is 0 Å². The Kier molecular flexibility index (Phi) is 2.82. The molecular weight excluding hydrogens is 202 g/mol. The number of fused-ring (bicyclic) bond motifs is 1. The van der Waals surface area contributed by atoms with Crippen LogP contribution in [0.2, 0.25) is 5.02 Å². The summed E-state index contributed by atoms with van der Waals surface area (Å²) in [7, 11) is 2.01. The second kappa shape index (κ2) is 3.91. The third kappa shape index (κ3) is 1.85. The van der Waals surface area contributed by atoms with E-state index >= 15 is 0 Å². The number of nitrogens with one attached hydrogen (secondary N) is 1. The highest BCUT2D eigenvalue weighted by atomic mass is 35.5. The highest BCUT2D eigenvalue weighted by Gasteiger charge is 2.19. The predicted octanol–water partition coefficient (Wildman–Crippen LogP) is 2.58. The van der Waals surface area contributed by atoms with Crippen molar-refractivity contribution in [3.63, 3.8) is 0 Å². The first-order chi connectivity index (χ1) is 6.31. The van der Waals surface area contributed by atoms with Gasteiger partial charge in [0.1, 0.15) is 0 Å². The van der Waals surface area contributed by atoms with Gasteiger partial charge in [-0.05, 0) is 31.2 Å². The van der Waals surface area contributed by atoms with Crippen molar-refractivity contribution in [2.45, 2.75) is 17.4 Å². The van der Waals surface area contributed by atoms with Crippen molar-refractivity contribution in [3.05, 3.63) is 28.8 Å². The van der Waals surface area contributed by atoms with Crippen molar-refractivity contribution >= 4 is 23.4 Å². The van der Waals surface area contributed by atoms with Gasteiger partial charge >= 0.3 is 0 Å². The second-order valence-electron chi connectivity index (χ2n) is 3.22. The zero-order valence-electron chi connectivity index (χ0n) is 7.51. The van der Waals surface area contributed by atoms with Crippen molar-refractivity contribution in [3.8, 4) is 0 Å². The minimum Gasteiger partial charge on any atom is -0.316 e. The standard InChI is InChI=1S/C10H12ClNS/c1-12-7-5-8-9(11)3-2-4-10(8)13-6-7/h2-4,7,12H,5-6H2,1H3. The first kappa shape index (κ1) is 9.38. The molecule has 1 aliphatic rings. The molecule has 0 aliphatic carbocycles. The Morgan fingerprint density at radius 1 is 1.54 bits per heavy atom. The first-order valence-electron chi connectivity index (χ1n) is 4.38. The van der Waals surface area contributed by atoms with Crippen molar-refractivity contribution in [1.29, 1.82) is 0 Å². The summed E-state index contributed by atoms with van der Waals surface area (Å²) in [5.74, 6) is 1.14. The number of hydrogen-bond acceptors (Lipinski definition) is 2. The summed E-state index contributed by atoms with van der Waals surface area (Å²) in [6.45, 7) is 0. The van der Waals surface area contributed by atoms with Crippen LogP contribution in [0, 0.1) is 0 Å². The van der Waals surface area contributed by atoms with Gasteiger partial charge in [-0.25, -0.2) is 0 Å². The second-order valence-corrected chi connectivity index (χ2v) is 4.69. The van der Waals surface area contributed by atoms with Gasteiger partial charge in [0.15, 0.2) is 0 Å². The van der Waals surface area contributed by atoms with Crippen LogP contribution in [0.1, 0.15) is 5.56 Å². The van der Waals surface area contributed by atoms with Crippen LogP contribution < -0.4 is 5.32 Å². The number of hydrogen-bond donors (Lipinski definition) is 1. The van der Waals surface area contributed by atoms with E-state index in [1.807, 2.05) is 30.9 Å². The summed E-state index contributed by atoms with van der Waals surface area (Å²) in [5, 5.41) is 4.20. The van der Waals surface area contributed by atoms with Gasteiger partial charge in [-0.2, -0.15) is 0 Å². The van der Waals surface area contributed by atoms with E-state index in [-0.39, 0.29) is 0 Å². The van der Waals surface area contributed by atoms with Gasteiger partial charge in [0.2, 0.25) is 0 Å². The quantitative estimate of drug-likeness (QED) is 0.770. The van der Waals surface area contributed by atoms with Crippen LogP contribution in [0.25, 0.3) is 0 Å². The average molecular weight is 214 g/mol. The van der Waals surface area contributed by atoms with Crippen molar-refractivity contribution in [2.24, 2.45) is 0 Å². The van der Waals surface area contributed by atoms with E-state index in [4.69, 9.17) is 11.6 Å². The maximum atomic E-state index is 6.12. The van der Waals surface area contributed by atoms with E-state index in [0.29, 0.717) is 6.04 Å². The highest BCUT2D eigenvalue weighted by molar-refractivity contribution is 7.99. The van der Waals surface area contributed by atoms with Gasteiger partial charge < -0.3 is 5.32 Å². The highest BCUT2D eigenvalue weighted by Crippen LogP contribution is 2.34. The molecule has 0 fully saturated rings. The molecule has 1 N–H and O–H groups in total. The van der Waals surface area contributed by atoms with Crippen LogP contribution in [0.5, 0.6) is 0 Å². The zero-order valence-corrected chi connectivity index (χ0v) is 9.08. The van der Waals surface area contributed by atoms with Gasteiger partial charge in [0.05, 0.1) is 0 Å². The molecule has 0 radical (unpaired) electrons. The van der Waals surface area contributed by atoms with Gasteiger partial charge in [-0.1, -0.05) is 17.7 Å². The minimum atomic E-state index is 0.567. The summed E-state index contributed by atoms with van der Waals surface area (Å²) < 4.78 is 0. The molecule has 1 unspecified atom stereocenters. The predicted molar refractivity (Wildman–Crippen MR) is 58.7 cm³/mol. The topological polar surface area (TPSA) is 12.0 Å². The Morgan fingerprint density at radius 2 is 2.38 bits per heavy atom. The molecule has 1 aromatic carbocycles. The molecule has 1 atom stereocenters. The smallest absolute Gasteiger partial charge is 0.0449 e. The van der Waals surface area contributed by atoms with Gasteiger partial charge in [-0.3, -0.25) is 0 Å². The Balaban J connectivity index is 2.32.